The molecule has 0 aliphatic carbocycles. The van der Waals surface area contributed by atoms with Gasteiger partial charge in [0.05, 0.1) is 6.26 Å². The van der Waals surface area contributed by atoms with Crippen molar-refractivity contribution < 1.29 is 14.0 Å². The highest BCUT2D eigenvalue weighted by Crippen LogP contribution is 2.20. The fourth-order valence-electron chi connectivity index (χ4n) is 2.67. The summed E-state index contributed by atoms with van der Waals surface area (Å²) in [6.07, 6.45) is 4.50. The normalized spacial score (nSPS) is 15.4. The van der Waals surface area contributed by atoms with Gasteiger partial charge in [0.2, 0.25) is 5.91 Å². The second kappa shape index (κ2) is 6.64. The third-order valence-corrected chi connectivity index (χ3v) is 4.05. The molecule has 2 amide bonds. The molecule has 0 spiro atoms. The Balaban J connectivity index is 1.53. The molecule has 1 aliphatic heterocycles. The molecule has 0 bridgehead atoms. The van der Waals surface area contributed by atoms with E-state index in [0.29, 0.717) is 37.5 Å². The van der Waals surface area contributed by atoms with Crippen LogP contribution < -0.4 is 5.32 Å². The molecule has 3 rings (SSSR count). The molecular formula is C17H19N3O3. The van der Waals surface area contributed by atoms with E-state index in [1.807, 2.05) is 13.0 Å². The zero-order chi connectivity index (χ0) is 16.2. The fourth-order valence-corrected chi connectivity index (χ4v) is 2.67. The molecule has 3 heterocycles. The number of nitrogens with one attached hydrogen (secondary N) is 1. The number of rotatable bonds is 3. The summed E-state index contributed by atoms with van der Waals surface area (Å²) in [5, 5.41) is 2.84. The van der Waals surface area contributed by atoms with Crippen molar-refractivity contribution in [1.29, 1.82) is 0 Å². The quantitative estimate of drug-likeness (QED) is 0.944. The van der Waals surface area contributed by atoms with Crippen LogP contribution in [-0.4, -0.2) is 34.8 Å². The number of hydrogen-bond acceptors (Lipinski definition) is 4. The molecule has 6 nitrogen and oxygen atoms in total. The van der Waals surface area contributed by atoms with Crippen LogP contribution in [0.3, 0.4) is 0 Å². The van der Waals surface area contributed by atoms with Gasteiger partial charge in [-0.05, 0) is 43.5 Å². The van der Waals surface area contributed by atoms with Crippen molar-refractivity contribution in [2.75, 3.05) is 18.4 Å². The smallest absolute Gasteiger partial charge is 0.289 e. The van der Waals surface area contributed by atoms with Crippen LogP contribution in [0.5, 0.6) is 0 Å². The van der Waals surface area contributed by atoms with E-state index in [1.54, 1.807) is 29.3 Å². The number of furan rings is 1. The van der Waals surface area contributed by atoms with Crippen molar-refractivity contribution in [1.82, 2.24) is 9.88 Å². The largest absolute Gasteiger partial charge is 0.459 e. The SMILES string of the molecule is Cc1ccc(NC(=O)C2CCN(C(=O)c3ccco3)CC2)nc1. The van der Waals surface area contributed by atoms with Crippen molar-refractivity contribution in [2.45, 2.75) is 19.8 Å². The lowest BCUT2D eigenvalue weighted by Gasteiger charge is -2.30. The maximum absolute atomic E-state index is 12.3. The van der Waals surface area contributed by atoms with Crippen LogP contribution in [0, 0.1) is 12.8 Å². The lowest BCUT2D eigenvalue weighted by molar-refractivity contribution is -0.121. The Bertz CT molecular complexity index is 672. The van der Waals surface area contributed by atoms with Crippen LogP contribution in [0.25, 0.3) is 0 Å². The predicted molar refractivity (Wildman–Crippen MR) is 84.9 cm³/mol. The summed E-state index contributed by atoms with van der Waals surface area (Å²) in [6.45, 7) is 3.06. The number of likely N-dealkylation sites (tertiary alicyclic amines) is 1. The average molecular weight is 313 g/mol. The number of aromatic nitrogens is 1. The van der Waals surface area contributed by atoms with Crippen molar-refractivity contribution in [3.63, 3.8) is 0 Å². The van der Waals surface area contributed by atoms with Gasteiger partial charge in [-0.2, -0.15) is 0 Å². The number of aryl methyl sites for hydroxylation is 1. The van der Waals surface area contributed by atoms with E-state index in [2.05, 4.69) is 10.3 Å². The number of hydrogen-bond donors (Lipinski definition) is 1. The number of anilines is 1. The maximum atomic E-state index is 12.3. The molecule has 0 aromatic carbocycles. The first-order chi connectivity index (χ1) is 11.1. The molecule has 2 aromatic heterocycles. The second-order valence-corrected chi connectivity index (χ2v) is 5.75. The van der Waals surface area contributed by atoms with Crippen LogP contribution in [0.2, 0.25) is 0 Å². The lowest BCUT2D eigenvalue weighted by atomic mass is 9.95. The van der Waals surface area contributed by atoms with E-state index in [9.17, 15) is 9.59 Å². The Morgan fingerprint density at radius 3 is 2.65 bits per heavy atom. The summed E-state index contributed by atoms with van der Waals surface area (Å²) in [7, 11) is 0. The topological polar surface area (TPSA) is 75.4 Å². The Hall–Kier alpha value is -2.63. The molecule has 1 N–H and O–H groups in total. The molecule has 6 heteroatoms. The summed E-state index contributed by atoms with van der Waals surface area (Å²) in [5.41, 5.74) is 1.05. The standard InChI is InChI=1S/C17H19N3O3/c1-12-4-5-15(18-11-12)19-16(21)13-6-8-20(9-7-13)17(22)14-3-2-10-23-14/h2-5,10-11,13H,6-9H2,1H3,(H,18,19,21). The monoisotopic (exact) mass is 313 g/mol. The molecule has 23 heavy (non-hydrogen) atoms. The highest BCUT2D eigenvalue weighted by atomic mass is 16.3. The number of carbonyl (C=O) groups excluding carboxylic acids is 2. The first kappa shape index (κ1) is 15.3. The van der Waals surface area contributed by atoms with Crippen LogP contribution in [-0.2, 0) is 4.79 Å². The first-order valence-corrected chi connectivity index (χ1v) is 7.70. The molecular weight excluding hydrogens is 294 g/mol. The van der Waals surface area contributed by atoms with Gasteiger partial charge in [0.1, 0.15) is 5.82 Å². The van der Waals surface area contributed by atoms with Gasteiger partial charge in [0, 0.05) is 25.2 Å². The molecule has 0 saturated carbocycles. The highest BCUT2D eigenvalue weighted by Gasteiger charge is 2.28. The van der Waals surface area contributed by atoms with Gasteiger partial charge in [-0.1, -0.05) is 6.07 Å². The average Bonchev–Trinajstić information content (AvgIpc) is 3.11. The number of carbonyl (C=O) groups is 2. The van der Waals surface area contributed by atoms with E-state index in [-0.39, 0.29) is 17.7 Å². The van der Waals surface area contributed by atoms with E-state index in [0.717, 1.165) is 5.56 Å². The number of piperidine rings is 1. The Kier molecular flexibility index (Phi) is 4.41. The lowest BCUT2D eigenvalue weighted by Crippen LogP contribution is -2.41. The minimum absolute atomic E-state index is 0.0357. The van der Waals surface area contributed by atoms with Gasteiger partial charge in [0.25, 0.3) is 5.91 Å². The number of nitrogens with zero attached hydrogens (tertiary/aromatic N) is 2. The fraction of sp³-hybridized carbons (Fsp3) is 0.353. The van der Waals surface area contributed by atoms with Gasteiger partial charge in [-0.15, -0.1) is 0 Å². The molecule has 120 valence electrons. The van der Waals surface area contributed by atoms with Crippen molar-refractivity contribution >= 4 is 17.6 Å². The first-order valence-electron chi connectivity index (χ1n) is 7.70. The minimum Gasteiger partial charge on any atom is -0.459 e. The summed E-state index contributed by atoms with van der Waals surface area (Å²) >= 11 is 0. The van der Waals surface area contributed by atoms with E-state index >= 15 is 0 Å². The zero-order valence-electron chi connectivity index (χ0n) is 13.0. The van der Waals surface area contributed by atoms with Gasteiger partial charge in [-0.25, -0.2) is 4.98 Å². The highest BCUT2D eigenvalue weighted by molar-refractivity contribution is 5.93. The molecule has 1 aliphatic rings. The van der Waals surface area contributed by atoms with Crippen LogP contribution in [0.4, 0.5) is 5.82 Å². The molecule has 1 saturated heterocycles. The van der Waals surface area contributed by atoms with Crippen LogP contribution in [0.1, 0.15) is 29.0 Å². The van der Waals surface area contributed by atoms with E-state index < -0.39 is 0 Å². The molecule has 0 atom stereocenters. The van der Waals surface area contributed by atoms with Gasteiger partial charge in [-0.3, -0.25) is 9.59 Å². The number of amides is 2. The Labute approximate surface area is 134 Å². The zero-order valence-corrected chi connectivity index (χ0v) is 13.0. The summed E-state index contributed by atoms with van der Waals surface area (Å²) in [6, 6.07) is 7.06. The second-order valence-electron chi connectivity index (χ2n) is 5.75. The van der Waals surface area contributed by atoms with Crippen molar-refractivity contribution in [3.05, 3.63) is 48.0 Å². The summed E-state index contributed by atoms with van der Waals surface area (Å²) in [5.74, 6) is 0.658. The van der Waals surface area contributed by atoms with Crippen molar-refractivity contribution in [3.8, 4) is 0 Å². The van der Waals surface area contributed by atoms with Crippen LogP contribution in [0.15, 0.2) is 41.1 Å². The summed E-state index contributed by atoms with van der Waals surface area (Å²) in [4.78, 5) is 30.4. The van der Waals surface area contributed by atoms with Gasteiger partial charge < -0.3 is 14.6 Å². The van der Waals surface area contributed by atoms with E-state index in [1.165, 1.54) is 6.26 Å². The van der Waals surface area contributed by atoms with Crippen LogP contribution >= 0.6 is 0 Å². The molecule has 2 aromatic rings. The number of pyridine rings is 1. The Morgan fingerprint density at radius 2 is 2.04 bits per heavy atom. The Morgan fingerprint density at radius 1 is 1.26 bits per heavy atom. The predicted octanol–water partition coefficient (Wildman–Crippen LogP) is 2.47. The van der Waals surface area contributed by atoms with Crippen molar-refractivity contribution in [2.24, 2.45) is 5.92 Å². The summed E-state index contributed by atoms with van der Waals surface area (Å²) < 4.78 is 5.13. The maximum Gasteiger partial charge on any atom is 0.289 e. The third kappa shape index (κ3) is 3.59. The minimum atomic E-state index is -0.117. The van der Waals surface area contributed by atoms with Gasteiger partial charge >= 0.3 is 0 Å². The molecule has 1 fully saturated rings. The van der Waals surface area contributed by atoms with E-state index in [4.69, 9.17) is 4.42 Å². The molecule has 0 radical (unpaired) electrons. The third-order valence-electron chi connectivity index (χ3n) is 4.05. The molecule has 0 unspecified atom stereocenters. The van der Waals surface area contributed by atoms with Gasteiger partial charge in [0.15, 0.2) is 5.76 Å².